The number of aromatic nitrogens is 2. The molecule has 27 heavy (non-hydrogen) atoms. The number of piperazine rings is 1. The van der Waals surface area contributed by atoms with Crippen molar-refractivity contribution in [1.82, 2.24) is 14.9 Å². The summed E-state index contributed by atoms with van der Waals surface area (Å²) in [6.45, 7) is 8.46. The molecule has 1 aromatic carbocycles. The molecule has 0 bridgehead atoms. The van der Waals surface area contributed by atoms with Crippen LogP contribution in [0.15, 0.2) is 24.3 Å². The summed E-state index contributed by atoms with van der Waals surface area (Å²) in [7, 11) is 1.57. The fourth-order valence-corrected chi connectivity index (χ4v) is 3.58. The van der Waals surface area contributed by atoms with E-state index in [1.165, 1.54) is 0 Å². The first kappa shape index (κ1) is 19.1. The van der Waals surface area contributed by atoms with Crippen molar-refractivity contribution in [3.05, 3.63) is 46.8 Å². The number of hydrogen-bond acceptors (Lipinski definition) is 6. The highest BCUT2D eigenvalue weighted by Crippen LogP contribution is 2.31. The molecule has 144 valence electrons. The van der Waals surface area contributed by atoms with Crippen molar-refractivity contribution in [3.8, 4) is 5.75 Å². The van der Waals surface area contributed by atoms with Crippen LogP contribution in [0.1, 0.15) is 28.6 Å². The van der Waals surface area contributed by atoms with Gasteiger partial charge in [-0.3, -0.25) is 9.69 Å². The Hall–Kier alpha value is -2.67. The summed E-state index contributed by atoms with van der Waals surface area (Å²) in [5, 5.41) is 9.91. The Morgan fingerprint density at radius 2 is 1.70 bits per heavy atom. The molecule has 1 unspecified atom stereocenters. The quantitative estimate of drug-likeness (QED) is 0.865. The van der Waals surface area contributed by atoms with Crippen molar-refractivity contribution >= 4 is 11.9 Å². The van der Waals surface area contributed by atoms with Crippen LogP contribution < -0.4 is 9.64 Å². The molecule has 1 aliphatic heterocycles. The second kappa shape index (κ2) is 7.92. The van der Waals surface area contributed by atoms with Gasteiger partial charge in [0.2, 0.25) is 5.95 Å². The van der Waals surface area contributed by atoms with Gasteiger partial charge in [0.15, 0.2) is 0 Å². The normalized spacial score (nSPS) is 16.2. The van der Waals surface area contributed by atoms with Crippen molar-refractivity contribution in [2.24, 2.45) is 0 Å². The zero-order chi connectivity index (χ0) is 19.6. The Labute approximate surface area is 159 Å². The van der Waals surface area contributed by atoms with Crippen LogP contribution in [0.3, 0.4) is 0 Å². The smallest absolute Gasteiger partial charge is 0.325 e. The monoisotopic (exact) mass is 370 g/mol. The first-order valence-corrected chi connectivity index (χ1v) is 9.07. The predicted molar refractivity (Wildman–Crippen MR) is 103 cm³/mol. The van der Waals surface area contributed by atoms with Crippen LogP contribution in [-0.4, -0.2) is 59.2 Å². The van der Waals surface area contributed by atoms with Crippen molar-refractivity contribution in [3.63, 3.8) is 0 Å². The highest BCUT2D eigenvalue weighted by atomic mass is 16.5. The molecular weight excluding hydrogens is 344 g/mol. The molecule has 7 heteroatoms. The van der Waals surface area contributed by atoms with E-state index >= 15 is 0 Å². The summed E-state index contributed by atoms with van der Waals surface area (Å²) in [4.78, 5) is 25.2. The number of carbonyl (C=O) groups is 1. The standard InChI is InChI=1S/C20H26N4O3/c1-13-5-6-17(27-4)16(11-13)18(19(25)26)23-7-9-24(10-8-23)20-21-14(2)12-15(3)22-20/h5-6,11-12,18H,7-10H2,1-4H3,(H,25,26). The van der Waals surface area contributed by atoms with Crippen molar-refractivity contribution in [1.29, 1.82) is 0 Å². The number of aryl methyl sites for hydroxylation is 3. The van der Waals surface area contributed by atoms with Gasteiger partial charge >= 0.3 is 5.97 Å². The summed E-state index contributed by atoms with van der Waals surface area (Å²) in [5.41, 5.74) is 3.58. The van der Waals surface area contributed by atoms with E-state index in [4.69, 9.17) is 4.74 Å². The maximum absolute atomic E-state index is 12.1. The van der Waals surface area contributed by atoms with E-state index in [0.717, 1.165) is 17.0 Å². The molecule has 7 nitrogen and oxygen atoms in total. The zero-order valence-corrected chi connectivity index (χ0v) is 16.3. The molecule has 1 aromatic heterocycles. The number of anilines is 1. The summed E-state index contributed by atoms with van der Waals surface area (Å²) in [6, 6.07) is 6.88. The minimum absolute atomic E-state index is 0.605. The lowest BCUT2D eigenvalue weighted by Gasteiger charge is -2.38. The molecule has 0 radical (unpaired) electrons. The van der Waals surface area contributed by atoms with Gasteiger partial charge in [0.05, 0.1) is 7.11 Å². The van der Waals surface area contributed by atoms with Crippen LogP contribution >= 0.6 is 0 Å². The molecule has 1 N–H and O–H groups in total. The molecule has 1 fully saturated rings. The fraction of sp³-hybridized carbons (Fsp3) is 0.450. The van der Waals surface area contributed by atoms with E-state index in [1.807, 2.05) is 49.9 Å². The minimum Gasteiger partial charge on any atom is -0.496 e. The Morgan fingerprint density at radius 1 is 1.07 bits per heavy atom. The zero-order valence-electron chi connectivity index (χ0n) is 16.3. The van der Waals surface area contributed by atoms with Crippen LogP contribution in [0, 0.1) is 20.8 Å². The second-order valence-corrected chi connectivity index (χ2v) is 6.96. The van der Waals surface area contributed by atoms with Gasteiger partial charge in [0, 0.05) is 43.1 Å². The predicted octanol–water partition coefficient (Wildman–Crippen LogP) is 2.36. The van der Waals surface area contributed by atoms with Gasteiger partial charge in [-0.2, -0.15) is 0 Å². The van der Waals surface area contributed by atoms with Crippen LogP contribution in [0.2, 0.25) is 0 Å². The summed E-state index contributed by atoms with van der Waals surface area (Å²) < 4.78 is 5.42. The lowest BCUT2D eigenvalue weighted by molar-refractivity contribution is -0.143. The molecule has 0 amide bonds. The van der Waals surface area contributed by atoms with Crippen LogP contribution in [0.25, 0.3) is 0 Å². The average Bonchev–Trinajstić information content (AvgIpc) is 2.61. The molecule has 0 aliphatic carbocycles. The highest BCUT2D eigenvalue weighted by Gasteiger charge is 2.33. The topological polar surface area (TPSA) is 78.8 Å². The number of ether oxygens (including phenoxy) is 1. The number of hydrogen-bond donors (Lipinski definition) is 1. The van der Waals surface area contributed by atoms with Crippen molar-refractivity contribution in [2.75, 3.05) is 38.2 Å². The van der Waals surface area contributed by atoms with E-state index in [2.05, 4.69) is 14.9 Å². The van der Waals surface area contributed by atoms with Crippen LogP contribution in [0.4, 0.5) is 5.95 Å². The van der Waals surface area contributed by atoms with Gasteiger partial charge in [-0.05, 0) is 32.9 Å². The van der Waals surface area contributed by atoms with E-state index in [1.54, 1.807) is 7.11 Å². The summed E-state index contributed by atoms with van der Waals surface area (Å²) >= 11 is 0. The van der Waals surface area contributed by atoms with E-state index < -0.39 is 12.0 Å². The minimum atomic E-state index is -0.866. The molecule has 3 rings (SSSR count). The molecule has 0 spiro atoms. The first-order valence-electron chi connectivity index (χ1n) is 9.07. The molecular formula is C20H26N4O3. The van der Waals surface area contributed by atoms with E-state index in [9.17, 15) is 9.90 Å². The molecule has 0 saturated carbocycles. The summed E-state index contributed by atoms with van der Waals surface area (Å²) in [5.74, 6) is 0.454. The average molecular weight is 370 g/mol. The second-order valence-electron chi connectivity index (χ2n) is 6.96. The van der Waals surface area contributed by atoms with Gasteiger partial charge < -0.3 is 14.7 Å². The van der Waals surface area contributed by atoms with E-state index in [-0.39, 0.29) is 0 Å². The third-order valence-corrected chi connectivity index (χ3v) is 4.85. The highest BCUT2D eigenvalue weighted by molar-refractivity contribution is 5.77. The van der Waals surface area contributed by atoms with Crippen LogP contribution in [0.5, 0.6) is 5.75 Å². The fourth-order valence-electron chi connectivity index (χ4n) is 3.58. The molecule has 2 heterocycles. The van der Waals surface area contributed by atoms with Gasteiger partial charge in [0.25, 0.3) is 0 Å². The molecule has 1 saturated heterocycles. The Bertz CT molecular complexity index is 812. The Balaban J connectivity index is 1.80. The first-order chi connectivity index (χ1) is 12.9. The summed E-state index contributed by atoms with van der Waals surface area (Å²) in [6.07, 6.45) is 0. The lowest BCUT2D eigenvalue weighted by atomic mass is 10.0. The third-order valence-electron chi connectivity index (χ3n) is 4.85. The number of carboxylic acid groups (broad SMARTS) is 1. The maximum Gasteiger partial charge on any atom is 0.325 e. The number of rotatable bonds is 5. The van der Waals surface area contributed by atoms with Gasteiger partial charge in [-0.1, -0.05) is 17.7 Å². The number of methoxy groups -OCH3 is 1. The Morgan fingerprint density at radius 3 is 2.26 bits per heavy atom. The number of carboxylic acids is 1. The SMILES string of the molecule is COc1ccc(C)cc1C(C(=O)O)N1CCN(c2nc(C)cc(C)n2)CC1. The lowest BCUT2D eigenvalue weighted by Crippen LogP contribution is -2.49. The van der Waals surface area contributed by atoms with Gasteiger partial charge in [0.1, 0.15) is 11.8 Å². The largest absolute Gasteiger partial charge is 0.496 e. The number of nitrogens with zero attached hydrogens (tertiary/aromatic N) is 4. The third kappa shape index (κ3) is 4.19. The number of aliphatic carboxylic acids is 1. The van der Waals surface area contributed by atoms with Crippen molar-refractivity contribution in [2.45, 2.75) is 26.8 Å². The van der Waals surface area contributed by atoms with Crippen LogP contribution in [-0.2, 0) is 4.79 Å². The van der Waals surface area contributed by atoms with Gasteiger partial charge in [-0.25, -0.2) is 9.97 Å². The van der Waals surface area contributed by atoms with E-state index in [0.29, 0.717) is 43.4 Å². The molecule has 1 atom stereocenters. The molecule has 1 aliphatic rings. The van der Waals surface area contributed by atoms with Gasteiger partial charge in [-0.15, -0.1) is 0 Å². The molecule has 2 aromatic rings. The number of benzene rings is 1. The Kier molecular flexibility index (Phi) is 5.60. The maximum atomic E-state index is 12.1. The van der Waals surface area contributed by atoms with Crippen molar-refractivity contribution < 1.29 is 14.6 Å².